The number of hydrogen-bond donors (Lipinski definition) is 2. The largest absolute Gasteiger partial charge is 0.496 e. The van der Waals surface area contributed by atoms with Crippen molar-refractivity contribution in [1.82, 2.24) is 19.9 Å². The first kappa shape index (κ1) is 28.4. The number of carbonyl (C=O) groups is 3. The van der Waals surface area contributed by atoms with E-state index < -0.39 is 42.2 Å². The van der Waals surface area contributed by atoms with Crippen LogP contribution >= 0.6 is 11.9 Å². The van der Waals surface area contributed by atoms with E-state index in [2.05, 4.69) is 19.6 Å². The number of carboxylic acid groups (broad SMARTS) is 2. The molecule has 0 aromatic carbocycles. The molecule has 218 valence electrons. The molecule has 2 aliphatic carbocycles. The van der Waals surface area contributed by atoms with Crippen molar-refractivity contribution in [3.63, 3.8) is 0 Å². The van der Waals surface area contributed by atoms with Crippen molar-refractivity contribution in [2.24, 2.45) is 14.6 Å². The molecule has 0 spiro atoms. The number of nitrogens with zero attached hydrogens (tertiary/aromatic N) is 7. The smallest absolute Gasteiger partial charge is 0.471 e. The van der Waals surface area contributed by atoms with Gasteiger partial charge >= 0.3 is 24.3 Å². The number of hydrazone groups is 2. The Labute approximate surface area is 235 Å². The number of halogens is 3. The molecule has 3 heterocycles. The number of ether oxygens (including phenoxy) is 1. The minimum atomic E-state index is -5.11. The Morgan fingerprint density at radius 1 is 1.17 bits per heavy atom. The summed E-state index contributed by atoms with van der Waals surface area (Å²) >= 11 is 0.758. The van der Waals surface area contributed by atoms with Crippen LogP contribution in [0.1, 0.15) is 36.1 Å². The summed E-state index contributed by atoms with van der Waals surface area (Å²) in [6.07, 6.45) is -6.51. The SMILES string of the molecule is COc1c(C)cnc(CN2N=C3C[C@@H](N(C(=O)C(F)(F)F)C4CC4)C4=C3C(=N2)C(N(C(=O)O)C(=O)O)=NSC4)c1C. The van der Waals surface area contributed by atoms with Crippen LogP contribution in [0.3, 0.4) is 0 Å². The van der Waals surface area contributed by atoms with E-state index in [-0.39, 0.29) is 40.6 Å². The van der Waals surface area contributed by atoms with E-state index >= 15 is 0 Å². The van der Waals surface area contributed by atoms with Crippen LogP contribution in [0.5, 0.6) is 5.75 Å². The third-order valence-electron chi connectivity index (χ3n) is 7.06. The lowest BCUT2D eigenvalue weighted by Crippen LogP contribution is -2.48. The van der Waals surface area contributed by atoms with Crippen LogP contribution in [-0.2, 0) is 11.3 Å². The van der Waals surface area contributed by atoms with Crippen LogP contribution in [-0.4, -0.2) is 96.6 Å². The third-order valence-corrected chi connectivity index (χ3v) is 7.80. The second kappa shape index (κ2) is 10.4. The molecule has 1 aromatic heterocycles. The number of aromatic nitrogens is 1. The van der Waals surface area contributed by atoms with Gasteiger partial charge in [-0.05, 0) is 44.2 Å². The first-order chi connectivity index (χ1) is 19.3. The second-order valence-electron chi connectivity index (χ2n) is 9.72. The van der Waals surface area contributed by atoms with Crippen LogP contribution in [0.15, 0.2) is 31.9 Å². The molecule has 1 atom stereocenters. The predicted molar refractivity (Wildman–Crippen MR) is 140 cm³/mol. The van der Waals surface area contributed by atoms with Crippen molar-refractivity contribution in [2.45, 2.75) is 57.9 Å². The van der Waals surface area contributed by atoms with Crippen molar-refractivity contribution in [3.05, 3.63) is 34.2 Å². The zero-order valence-electron chi connectivity index (χ0n) is 22.0. The summed E-state index contributed by atoms with van der Waals surface area (Å²) in [5.41, 5.74) is 2.53. The Morgan fingerprint density at radius 2 is 1.85 bits per heavy atom. The molecule has 13 nitrogen and oxygen atoms in total. The van der Waals surface area contributed by atoms with Crippen molar-refractivity contribution in [2.75, 3.05) is 12.9 Å². The Morgan fingerprint density at radius 3 is 2.44 bits per heavy atom. The number of amides is 3. The molecular weight excluding hydrogens is 571 g/mol. The van der Waals surface area contributed by atoms with Crippen LogP contribution < -0.4 is 4.74 Å². The number of hydrogen-bond acceptors (Lipinski definition) is 10. The van der Waals surface area contributed by atoms with E-state index in [1.807, 2.05) is 6.92 Å². The van der Waals surface area contributed by atoms with Gasteiger partial charge in [0, 0.05) is 41.1 Å². The maximum atomic E-state index is 13.6. The van der Waals surface area contributed by atoms with Gasteiger partial charge < -0.3 is 19.8 Å². The van der Waals surface area contributed by atoms with Crippen LogP contribution in [0, 0.1) is 13.8 Å². The summed E-state index contributed by atoms with van der Waals surface area (Å²) in [6.45, 7) is 3.53. The summed E-state index contributed by atoms with van der Waals surface area (Å²) in [6, 6.07) is -1.66. The Bertz CT molecular complexity index is 1460. The standard InChI is InChI=1S/C24H24F3N7O6S/c1-10-7-28-15(11(2)19(10)40-3)8-32-29-14-6-16(33(12-4-5-12)21(35)24(25,26)27)13-9-41-31-20(18(30-32)17(13)14)34(22(36)37)23(38)39/h7,12,16H,4-6,8-9H2,1-3H3,(H,36,37)(H,38,39)/t16-/m1/s1. The van der Waals surface area contributed by atoms with E-state index in [4.69, 9.17) is 4.74 Å². The van der Waals surface area contributed by atoms with Gasteiger partial charge in [0.1, 0.15) is 18.0 Å². The average molecular weight is 596 g/mol. The van der Waals surface area contributed by atoms with E-state index in [0.717, 1.165) is 22.4 Å². The molecule has 17 heteroatoms. The number of methoxy groups -OCH3 is 1. The van der Waals surface area contributed by atoms with Gasteiger partial charge in [0.2, 0.25) is 0 Å². The van der Waals surface area contributed by atoms with Crippen LogP contribution in [0.25, 0.3) is 0 Å². The van der Waals surface area contributed by atoms with E-state index in [9.17, 15) is 37.8 Å². The monoisotopic (exact) mass is 595 g/mol. The first-order valence-corrected chi connectivity index (χ1v) is 13.3. The highest BCUT2D eigenvalue weighted by Gasteiger charge is 2.53. The van der Waals surface area contributed by atoms with Crippen molar-refractivity contribution >= 4 is 47.3 Å². The van der Waals surface area contributed by atoms with Crippen molar-refractivity contribution < 1.29 is 42.5 Å². The molecule has 2 N–H and O–H groups in total. The molecule has 0 radical (unpaired) electrons. The minimum Gasteiger partial charge on any atom is -0.496 e. The quantitative estimate of drug-likeness (QED) is 0.485. The van der Waals surface area contributed by atoms with E-state index in [0.29, 0.717) is 35.4 Å². The Hall–Kier alpha value is -4.15. The van der Waals surface area contributed by atoms with Gasteiger partial charge in [0.05, 0.1) is 24.6 Å². The van der Waals surface area contributed by atoms with Crippen molar-refractivity contribution in [3.8, 4) is 5.75 Å². The Balaban J connectivity index is 1.63. The van der Waals surface area contributed by atoms with Gasteiger partial charge in [-0.3, -0.25) is 9.78 Å². The van der Waals surface area contributed by atoms with Crippen LogP contribution in [0.4, 0.5) is 22.8 Å². The highest BCUT2D eigenvalue weighted by Crippen LogP contribution is 2.43. The summed E-state index contributed by atoms with van der Waals surface area (Å²) in [5, 5.41) is 29.4. The molecular formula is C24H24F3N7O6S. The molecule has 2 aliphatic heterocycles. The minimum absolute atomic E-state index is 0.00580. The maximum absolute atomic E-state index is 13.6. The summed E-state index contributed by atoms with van der Waals surface area (Å²) < 4.78 is 50.5. The molecule has 5 rings (SSSR count). The fourth-order valence-corrected chi connectivity index (χ4v) is 6.00. The number of amidine groups is 1. The normalized spacial score (nSPS) is 20.0. The summed E-state index contributed by atoms with van der Waals surface area (Å²) in [5.74, 6) is -1.96. The zero-order chi connectivity index (χ0) is 29.8. The molecule has 0 bridgehead atoms. The van der Waals surface area contributed by atoms with E-state index in [1.165, 1.54) is 12.2 Å². The first-order valence-electron chi connectivity index (χ1n) is 12.4. The lowest BCUT2D eigenvalue weighted by atomic mass is 10.0. The molecule has 0 saturated heterocycles. The molecule has 0 unspecified atom stereocenters. The highest BCUT2D eigenvalue weighted by atomic mass is 32.2. The topological polar surface area (TPSA) is 161 Å². The molecule has 1 fully saturated rings. The number of rotatable bonds is 5. The van der Waals surface area contributed by atoms with Gasteiger partial charge in [-0.1, -0.05) is 0 Å². The fraction of sp³-hybridized carbons (Fsp3) is 0.458. The highest BCUT2D eigenvalue weighted by molar-refractivity contribution is 7.98. The number of alkyl halides is 3. The third kappa shape index (κ3) is 5.09. The molecule has 4 aliphatic rings. The van der Waals surface area contributed by atoms with Crippen molar-refractivity contribution in [1.29, 1.82) is 0 Å². The van der Waals surface area contributed by atoms with Gasteiger partial charge in [0.25, 0.3) is 0 Å². The number of imide groups is 1. The number of carbonyl (C=O) groups excluding carboxylic acids is 1. The van der Waals surface area contributed by atoms with Gasteiger partial charge in [-0.15, -0.1) is 0 Å². The van der Waals surface area contributed by atoms with E-state index in [1.54, 1.807) is 13.1 Å². The van der Waals surface area contributed by atoms with Crippen LogP contribution in [0.2, 0.25) is 0 Å². The second-order valence-corrected chi connectivity index (χ2v) is 10.5. The molecule has 3 amide bonds. The number of pyridine rings is 1. The zero-order valence-corrected chi connectivity index (χ0v) is 22.8. The number of aryl methyl sites for hydroxylation is 1. The fourth-order valence-electron chi connectivity index (χ4n) is 5.17. The molecule has 1 saturated carbocycles. The predicted octanol–water partition coefficient (Wildman–Crippen LogP) is 3.58. The maximum Gasteiger partial charge on any atom is 0.471 e. The summed E-state index contributed by atoms with van der Waals surface area (Å²) in [4.78, 5) is 41.6. The average Bonchev–Trinajstić information content (AvgIpc) is 3.67. The lowest BCUT2D eigenvalue weighted by Gasteiger charge is -2.31. The lowest BCUT2D eigenvalue weighted by molar-refractivity contribution is -0.187. The van der Waals surface area contributed by atoms with Gasteiger partial charge in [0.15, 0.2) is 5.84 Å². The molecule has 1 aromatic rings. The Kier molecular flexibility index (Phi) is 7.17. The van der Waals surface area contributed by atoms with Gasteiger partial charge in [-0.25, -0.2) is 9.59 Å². The summed E-state index contributed by atoms with van der Waals surface area (Å²) in [7, 11) is 1.50. The van der Waals surface area contributed by atoms with Gasteiger partial charge in [-0.2, -0.15) is 37.8 Å². The molecule has 41 heavy (non-hydrogen) atoms.